The number of nitrogens with one attached hydrogen (secondary N) is 2. The van der Waals surface area contributed by atoms with Gasteiger partial charge in [-0.1, -0.05) is 29.6 Å². The third-order valence-corrected chi connectivity index (χ3v) is 6.89. The lowest BCUT2D eigenvalue weighted by Gasteiger charge is -2.30. The lowest BCUT2D eigenvalue weighted by atomic mass is 9.86. The Balaban J connectivity index is 1.60. The zero-order valence-electron chi connectivity index (χ0n) is 16.3. The monoisotopic (exact) mass is 432 g/mol. The van der Waals surface area contributed by atoms with Gasteiger partial charge in [-0.3, -0.25) is 9.52 Å². The molecular formula is C20H30ClFN2OS2. The Morgan fingerprint density at radius 3 is 2.59 bits per heavy atom. The number of benzene rings is 1. The van der Waals surface area contributed by atoms with Gasteiger partial charge in [-0.15, -0.1) is 0 Å². The Morgan fingerprint density at radius 1 is 1.26 bits per heavy atom. The smallest absolute Gasteiger partial charge is 0.223 e. The highest BCUT2D eigenvalue weighted by atomic mass is 35.5. The molecule has 0 radical (unpaired) electrons. The number of hydrogen-bond donors (Lipinski definition) is 2. The molecule has 0 aliphatic heterocycles. The number of amides is 1. The number of halogens is 2. The molecule has 2 rings (SSSR count). The molecule has 1 fully saturated rings. The van der Waals surface area contributed by atoms with E-state index in [9.17, 15) is 9.18 Å². The van der Waals surface area contributed by atoms with E-state index in [1.807, 2.05) is 0 Å². The molecule has 0 unspecified atom stereocenters. The van der Waals surface area contributed by atoms with Crippen molar-refractivity contribution in [3.05, 3.63) is 34.6 Å². The molecule has 0 saturated heterocycles. The van der Waals surface area contributed by atoms with Crippen LogP contribution in [0.15, 0.2) is 18.2 Å². The van der Waals surface area contributed by atoms with E-state index in [0.29, 0.717) is 28.9 Å². The lowest BCUT2D eigenvalue weighted by Crippen LogP contribution is -2.38. The quantitative estimate of drug-likeness (QED) is 0.425. The molecule has 152 valence electrons. The van der Waals surface area contributed by atoms with Crippen LogP contribution in [-0.4, -0.2) is 29.0 Å². The first-order chi connectivity index (χ1) is 12.8. The second-order valence-electron chi connectivity index (χ2n) is 7.92. The molecule has 2 N–H and O–H groups in total. The first kappa shape index (κ1) is 22.9. The van der Waals surface area contributed by atoms with Crippen molar-refractivity contribution in [2.75, 3.05) is 12.3 Å². The van der Waals surface area contributed by atoms with Gasteiger partial charge in [-0.2, -0.15) is 11.8 Å². The van der Waals surface area contributed by atoms with E-state index >= 15 is 0 Å². The second kappa shape index (κ2) is 10.9. The lowest BCUT2D eigenvalue weighted by molar-refractivity contribution is -0.125. The summed E-state index contributed by atoms with van der Waals surface area (Å²) in [6, 6.07) is 5.24. The van der Waals surface area contributed by atoms with Crippen LogP contribution < -0.4 is 10.0 Å². The van der Waals surface area contributed by atoms with Crippen LogP contribution in [0.3, 0.4) is 0 Å². The van der Waals surface area contributed by atoms with Crippen molar-refractivity contribution in [2.45, 2.75) is 63.0 Å². The van der Waals surface area contributed by atoms with Crippen molar-refractivity contribution in [3.8, 4) is 0 Å². The molecule has 0 aromatic heterocycles. The number of thioether (sulfide) groups is 1. The fraction of sp³-hybridized carbons (Fsp3) is 0.650. The normalized spacial score (nSPS) is 20.5. The minimum Gasteiger partial charge on any atom is -0.355 e. The largest absolute Gasteiger partial charge is 0.355 e. The molecule has 7 heteroatoms. The van der Waals surface area contributed by atoms with E-state index in [4.69, 9.17) is 11.6 Å². The Labute approximate surface area is 176 Å². The van der Waals surface area contributed by atoms with Gasteiger partial charge in [0, 0.05) is 45.3 Å². The van der Waals surface area contributed by atoms with Gasteiger partial charge >= 0.3 is 0 Å². The number of rotatable bonds is 8. The van der Waals surface area contributed by atoms with Crippen LogP contribution in [0.1, 0.15) is 52.0 Å². The molecular weight excluding hydrogens is 403 g/mol. The average molecular weight is 433 g/mol. The molecule has 0 heterocycles. The van der Waals surface area contributed by atoms with Gasteiger partial charge in [0.15, 0.2) is 0 Å². The summed E-state index contributed by atoms with van der Waals surface area (Å²) in [6.45, 7) is 7.19. The van der Waals surface area contributed by atoms with Gasteiger partial charge < -0.3 is 5.32 Å². The molecule has 1 aromatic rings. The summed E-state index contributed by atoms with van der Waals surface area (Å²) in [5.41, 5.74) is 0.537. The molecule has 1 aliphatic rings. The highest BCUT2D eigenvalue weighted by Crippen LogP contribution is 2.28. The van der Waals surface area contributed by atoms with Crippen LogP contribution >= 0.6 is 35.3 Å². The molecule has 0 bridgehead atoms. The third-order valence-electron chi connectivity index (χ3n) is 4.48. The van der Waals surface area contributed by atoms with E-state index < -0.39 is 0 Å². The van der Waals surface area contributed by atoms with Gasteiger partial charge in [-0.05, 0) is 58.6 Å². The van der Waals surface area contributed by atoms with E-state index in [-0.39, 0.29) is 22.4 Å². The van der Waals surface area contributed by atoms with Crippen LogP contribution in [0.4, 0.5) is 4.39 Å². The van der Waals surface area contributed by atoms with Gasteiger partial charge in [-0.25, -0.2) is 4.39 Å². The number of hydrogen-bond acceptors (Lipinski definition) is 4. The highest BCUT2D eigenvalue weighted by Gasteiger charge is 2.26. The van der Waals surface area contributed by atoms with Crippen LogP contribution in [0.2, 0.25) is 5.02 Å². The third kappa shape index (κ3) is 8.22. The SMILES string of the molecule is CC(C)(C)SNC1CCC(C(=O)NCCSCc2c(F)cccc2Cl)CC1. The van der Waals surface area contributed by atoms with E-state index in [1.54, 1.807) is 35.8 Å². The molecule has 27 heavy (non-hydrogen) atoms. The minimum absolute atomic E-state index is 0.119. The van der Waals surface area contributed by atoms with Crippen LogP contribution in [0.5, 0.6) is 0 Å². The molecule has 0 spiro atoms. The molecule has 1 aliphatic carbocycles. The maximum atomic E-state index is 13.7. The predicted octanol–water partition coefficient (Wildman–Crippen LogP) is 5.42. The molecule has 0 atom stereocenters. The van der Waals surface area contributed by atoms with Crippen LogP contribution in [0, 0.1) is 11.7 Å². The van der Waals surface area contributed by atoms with Crippen molar-refractivity contribution >= 4 is 41.2 Å². The van der Waals surface area contributed by atoms with Crippen LogP contribution in [0.25, 0.3) is 0 Å². The molecule has 1 amide bonds. The zero-order chi connectivity index (χ0) is 19.9. The van der Waals surface area contributed by atoms with E-state index in [0.717, 1.165) is 31.4 Å². The minimum atomic E-state index is -0.269. The number of carbonyl (C=O) groups is 1. The summed E-state index contributed by atoms with van der Waals surface area (Å²) in [5, 5.41) is 3.49. The van der Waals surface area contributed by atoms with Gasteiger partial charge in [0.1, 0.15) is 5.82 Å². The second-order valence-corrected chi connectivity index (χ2v) is 11.1. The van der Waals surface area contributed by atoms with Gasteiger partial charge in [0.25, 0.3) is 0 Å². The van der Waals surface area contributed by atoms with Crippen molar-refractivity contribution in [2.24, 2.45) is 5.92 Å². The van der Waals surface area contributed by atoms with Crippen molar-refractivity contribution < 1.29 is 9.18 Å². The summed E-state index contributed by atoms with van der Waals surface area (Å²) in [4.78, 5) is 12.3. The fourth-order valence-electron chi connectivity index (χ4n) is 2.97. The van der Waals surface area contributed by atoms with Gasteiger partial charge in [0.05, 0.1) is 0 Å². The summed E-state index contributed by atoms with van der Waals surface area (Å²) in [5.74, 6) is 1.27. The van der Waals surface area contributed by atoms with E-state index in [2.05, 4.69) is 30.8 Å². The van der Waals surface area contributed by atoms with Gasteiger partial charge in [0.2, 0.25) is 5.91 Å². The fourth-order valence-corrected chi connectivity index (χ4v) is 4.92. The molecule has 3 nitrogen and oxygen atoms in total. The summed E-state index contributed by atoms with van der Waals surface area (Å²) < 4.78 is 17.5. The Kier molecular flexibility index (Phi) is 9.26. The Bertz CT molecular complexity index is 596. The standard InChI is InChI=1S/C20H30ClFN2OS2/c1-20(2,3)27-24-15-9-7-14(8-10-15)19(25)23-11-12-26-13-16-17(21)5-4-6-18(16)22/h4-6,14-15,24H,7-13H2,1-3H3,(H,23,25). The first-order valence-electron chi connectivity index (χ1n) is 9.48. The maximum absolute atomic E-state index is 13.7. The maximum Gasteiger partial charge on any atom is 0.223 e. The summed E-state index contributed by atoms with van der Waals surface area (Å²) in [6.07, 6.45) is 3.96. The Hall–Kier alpha value is -0.430. The van der Waals surface area contributed by atoms with E-state index in [1.165, 1.54) is 6.07 Å². The highest BCUT2D eigenvalue weighted by molar-refractivity contribution is 7.98. The average Bonchev–Trinajstić information content (AvgIpc) is 2.61. The molecule has 1 saturated carbocycles. The predicted molar refractivity (Wildman–Crippen MR) is 117 cm³/mol. The van der Waals surface area contributed by atoms with Crippen molar-refractivity contribution in [1.82, 2.24) is 10.0 Å². The van der Waals surface area contributed by atoms with Crippen molar-refractivity contribution in [1.29, 1.82) is 0 Å². The topological polar surface area (TPSA) is 41.1 Å². The number of carbonyl (C=O) groups excluding carboxylic acids is 1. The Morgan fingerprint density at radius 2 is 1.96 bits per heavy atom. The first-order valence-corrected chi connectivity index (χ1v) is 11.8. The summed E-state index contributed by atoms with van der Waals surface area (Å²) >= 11 is 9.38. The van der Waals surface area contributed by atoms with Crippen LogP contribution in [-0.2, 0) is 10.5 Å². The zero-order valence-corrected chi connectivity index (χ0v) is 18.7. The molecule has 1 aromatic carbocycles. The summed E-state index contributed by atoms with van der Waals surface area (Å²) in [7, 11) is 0. The van der Waals surface area contributed by atoms with Crippen molar-refractivity contribution in [3.63, 3.8) is 0 Å².